The van der Waals surface area contributed by atoms with Gasteiger partial charge in [0.1, 0.15) is 0 Å². The summed E-state index contributed by atoms with van der Waals surface area (Å²) in [5.41, 5.74) is 1.11. The minimum atomic E-state index is -1.05. The molecule has 4 rings (SSSR count). The highest BCUT2D eigenvalue weighted by atomic mass is 19.2. The van der Waals surface area contributed by atoms with Crippen LogP contribution in [0.25, 0.3) is 0 Å². The quantitative estimate of drug-likeness (QED) is 0.800. The molecule has 0 bridgehead atoms. The Morgan fingerprint density at radius 1 is 1.12 bits per heavy atom. The zero-order valence-electron chi connectivity index (χ0n) is 13.6. The Hall–Kier alpha value is -2.76. The van der Waals surface area contributed by atoms with Gasteiger partial charge in [-0.2, -0.15) is 0 Å². The Kier molecular flexibility index (Phi) is 3.39. The van der Waals surface area contributed by atoms with Gasteiger partial charge in [-0.1, -0.05) is 18.2 Å². The van der Waals surface area contributed by atoms with Gasteiger partial charge >= 0.3 is 0 Å². The van der Waals surface area contributed by atoms with Crippen molar-refractivity contribution in [3.63, 3.8) is 0 Å². The molecule has 2 heterocycles. The molecule has 4 nitrogen and oxygen atoms in total. The van der Waals surface area contributed by atoms with E-state index in [1.54, 1.807) is 16.8 Å². The van der Waals surface area contributed by atoms with Crippen molar-refractivity contribution in [3.05, 3.63) is 65.2 Å². The lowest BCUT2D eigenvalue weighted by atomic mass is 9.81. The highest BCUT2D eigenvalue weighted by molar-refractivity contribution is 6.09. The molecule has 0 aliphatic carbocycles. The van der Waals surface area contributed by atoms with Crippen LogP contribution in [0.5, 0.6) is 0 Å². The fourth-order valence-corrected chi connectivity index (χ4v) is 3.91. The molecule has 1 spiro atoms. The van der Waals surface area contributed by atoms with Crippen molar-refractivity contribution >= 4 is 17.5 Å². The van der Waals surface area contributed by atoms with Gasteiger partial charge in [0.25, 0.3) is 5.91 Å². The molecule has 1 atom stereocenters. The van der Waals surface area contributed by atoms with E-state index in [0.29, 0.717) is 13.0 Å². The van der Waals surface area contributed by atoms with E-state index in [2.05, 4.69) is 0 Å². The van der Waals surface area contributed by atoms with Crippen LogP contribution in [-0.4, -0.2) is 36.9 Å². The lowest BCUT2D eigenvalue weighted by molar-refractivity contribution is -0.122. The number of carbonyl (C=O) groups excluding carboxylic acids is 2. The van der Waals surface area contributed by atoms with E-state index in [-0.39, 0.29) is 18.0 Å². The minimum absolute atomic E-state index is 0.0331. The molecule has 2 aliphatic rings. The number of carbonyl (C=O) groups is 2. The van der Waals surface area contributed by atoms with Crippen LogP contribution < -0.4 is 4.90 Å². The van der Waals surface area contributed by atoms with E-state index in [0.717, 1.165) is 23.4 Å². The molecule has 128 valence electrons. The molecule has 2 amide bonds. The molecular formula is C19H16F2N2O2. The Morgan fingerprint density at radius 2 is 1.88 bits per heavy atom. The molecule has 1 fully saturated rings. The summed E-state index contributed by atoms with van der Waals surface area (Å²) in [7, 11) is 1.73. The summed E-state index contributed by atoms with van der Waals surface area (Å²) in [5, 5.41) is 0. The van der Waals surface area contributed by atoms with Crippen molar-refractivity contribution in [2.24, 2.45) is 0 Å². The molecule has 2 aliphatic heterocycles. The van der Waals surface area contributed by atoms with E-state index in [1.165, 1.54) is 6.07 Å². The van der Waals surface area contributed by atoms with E-state index in [4.69, 9.17) is 0 Å². The number of halogens is 2. The van der Waals surface area contributed by atoms with Gasteiger partial charge in [-0.05, 0) is 36.2 Å². The third kappa shape index (κ3) is 2.17. The lowest BCUT2D eigenvalue weighted by Crippen LogP contribution is -2.42. The summed E-state index contributed by atoms with van der Waals surface area (Å²) in [4.78, 5) is 28.7. The minimum Gasteiger partial charge on any atom is -0.337 e. The second-order valence-electron chi connectivity index (χ2n) is 6.57. The number of para-hydroxylation sites is 1. The molecule has 0 saturated carbocycles. The van der Waals surface area contributed by atoms with Crippen LogP contribution >= 0.6 is 0 Å². The van der Waals surface area contributed by atoms with E-state index >= 15 is 0 Å². The SMILES string of the molecule is CN1C(=O)C2(CCN(C(=O)c3ccc(F)c(F)c3)C2)c2ccccc21. The number of hydrogen-bond donors (Lipinski definition) is 0. The van der Waals surface area contributed by atoms with Crippen LogP contribution in [0.2, 0.25) is 0 Å². The summed E-state index contributed by atoms with van der Waals surface area (Å²) >= 11 is 0. The number of likely N-dealkylation sites (N-methyl/N-ethyl adjacent to an activating group) is 1. The molecule has 25 heavy (non-hydrogen) atoms. The lowest BCUT2D eigenvalue weighted by Gasteiger charge is -2.23. The van der Waals surface area contributed by atoms with Crippen LogP contribution in [0, 0.1) is 11.6 Å². The Bertz CT molecular complexity index is 899. The molecular weight excluding hydrogens is 326 g/mol. The number of anilines is 1. The summed E-state index contributed by atoms with van der Waals surface area (Å²) in [6, 6.07) is 10.7. The average Bonchev–Trinajstić information content (AvgIpc) is 3.15. The predicted octanol–water partition coefficient (Wildman–Crippen LogP) is 2.73. The first-order valence-electron chi connectivity index (χ1n) is 8.06. The van der Waals surface area contributed by atoms with Crippen LogP contribution in [0.15, 0.2) is 42.5 Å². The maximum absolute atomic E-state index is 13.4. The van der Waals surface area contributed by atoms with Gasteiger partial charge in [-0.15, -0.1) is 0 Å². The first-order chi connectivity index (χ1) is 11.9. The molecule has 1 unspecified atom stereocenters. The van der Waals surface area contributed by atoms with E-state index in [1.807, 2.05) is 24.3 Å². The summed E-state index contributed by atoms with van der Waals surface area (Å²) in [5.74, 6) is -2.47. The van der Waals surface area contributed by atoms with Crippen molar-refractivity contribution in [3.8, 4) is 0 Å². The number of amides is 2. The summed E-state index contributed by atoms with van der Waals surface area (Å²) in [6.45, 7) is 0.636. The summed E-state index contributed by atoms with van der Waals surface area (Å²) in [6.07, 6.45) is 0.516. The topological polar surface area (TPSA) is 40.6 Å². The van der Waals surface area contributed by atoms with Gasteiger partial charge in [0.15, 0.2) is 11.6 Å². The second-order valence-corrected chi connectivity index (χ2v) is 6.57. The Morgan fingerprint density at radius 3 is 2.64 bits per heavy atom. The maximum atomic E-state index is 13.4. The molecule has 0 radical (unpaired) electrons. The fraction of sp³-hybridized carbons (Fsp3) is 0.263. The number of nitrogens with zero attached hydrogens (tertiary/aromatic N) is 2. The number of rotatable bonds is 1. The molecule has 0 N–H and O–H groups in total. The largest absolute Gasteiger partial charge is 0.337 e. The smallest absolute Gasteiger partial charge is 0.254 e. The van der Waals surface area contributed by atoms with Crippen molar-refractivity contribution in [2.45, 2.75) is 11.8 Å². The van der Waals surface area contributed by atoms with Gasteiger partial charge in [-0.25, -0.2) is 8.78 Å². The first kappa shape index (κ1) is 15.7. The highest BCUT2D eigenvalue weighted by Crippen LogP contribution is 2.46. The number of fused-ring (bicyclic) bond motifs is 2. The van der Waals surface area contributed by atoms with Gasteiger partial charge in [0, 0.05) is 31.4 Å². The van der Waals surface area contributed by atoms with Crippen LogP contribution in [0.3, 0.4) is 0 Å². The van der Waals surface area contributed by atoms with Crippen LogP contribution in [0.1, 0.15) is 22.3 Å². The van der Waals surface area contributed by atoms with Crippen molar-refractivity contribution in [1.82, 2.24) is 4.90 Å². The molecule has 1 saturated heterocycles. The van der Waals surface area contributed by atoms with Crippen molar-refractivity contribution < 1.29 is 18.4 Å². The third-order valence-electron chi connectivity index (χ3n) is 5.22. The predicted molar refractivity (Wildman–Crippen MR) is 88.4 cm³/mol. The van der Waals surface area contributed by atoms with Gasteiger partial charge in [-0.3, -0.25) is 9.59 Å². The van der Waals surface area contributed by atoms with E-state index < -0.39 is 23.0 Å². The normalized spacial score (nSPS) is 22.0. The Balaban J connectivity index is 1.66. The maximum Gasteiger partial charge on any atom is 0.254 e. The Labute approximate surface area is 143 Å². The van der Waals surface area contributed by atoms with Crippen LogP contribution in [-0.2, 0) is 10.2 Å². The average molecular weight is 342 g/mol. The summed E-state index contributed by atoms with van der Waals surface area (Å²) < 4.78 is 26.5. The number of likely N-dealkylation sites (tertiary alicyclic amines) is 1. The van der Waals surface area contributed by atoms with Crippen molar-refractivity contribution in [1.29, 1.82) is 0 Å². The van der Waals surface area contributed by atoms with Gasteiger partial charge in [0.05, 0.1) is 5.41 Å². The highest BCUT2D eigenvalue weighted by Gasteiger charge is 2.54. The van der Waals surface area contributed by atoms with Gasteiger partial charge < -0.3 is 9.80 Å². The van der Waals surface area contributed by atoms with Crippen LogP contribution in [0.4, 0.5) is 14.5 Å². The van der Waals surface area contributed by atoms with Gasteiger partial charge in [0.2, 0.25) is 5.91 Å². The fourth-order valence-electron chi connectivity index (χ4n) is 3.91. The molecule has 6 heteroatoms. The zero-order valence-corrected chi connectivity index (χ0v) is 13.6. The van der Waals surface area contributed by atoms with E-state index in [9.17, 15) is 18.4 Å². The number of hydrogen-bond acceptors (Lipinski definition) is 2. The molecule has 2 aromatic rings. The van der Waals surface area contributed by atoms with Crippen molar-refractivity contribution in [2.75, 3.05) is 25.0 Å². The molecule has 0 aromatic heterocycles. The monoisotopic (exact) mass is 342 g/mol. The third-order valence-corrected chi connectivity index (χ3v) is 5.22. The first-order valence-corrected chi connectivity index (χ1v) is 8.06. The standard InChI is InChI=1S/C19H16F2N2O2/c1-22-16-5-3-2-4-13(16)19(18(22)25)8-9-23(11-19)17(24)12-6-7-14(20)15(21)10-12/h2-7,10H,8-9,11H2,1H3. The number of benzene rings is 2. The second kappa shape index (κ2) is 5.37. The molecule has 2 aromatic carbocycles. The zero-order chi connectivity index (χ0) is 17.8.